The Kier molecular flexibility index (Phi) is 3.43. The maximum absolute atomic E-state index is 12.2. The molecule has 1 amide bonds. The van der Waals surface area contributed by atoms with Crippen LogP contribution in [0, 0.1) is 6.92 Å². The lowest BCUT2D eigenvalue weighted by Gasteiger charge is -2.32. The number of phenolic OH excluding ortho intramolecular Hbond substituents is 1. The lowest BCUT2D eigenvalue weighted by atomic mass is 9.96. The number of amides is 1. The number of nitrogens with zero attached hydrogens (tertiary/aromatic N) is 1. The van der Waals surface area contributed by atoms with Crippen LogP contribution < -0.4 is 4.90 Å². The molecule has 1 heterocycles. The summed E-state index contributed by atoms with van der Waals surface area (Å²) in [6.07, 6.45) is 1.38. The third-order valence-electron chi connectivity index (χ3n) is 3.19. The number of hydrogen-bond donors (Lipinski definition) is 1. The summed E-state index contributed by atoms with van der Waals surface area (Å²) in [5.74, 6) is 0.145. The lowest BCUT2D eigenvalue weighted by molar-refractivity contribution is 0.0577. The van der Waals surface area contributed by atoms with Crippen LogP contribution in [0.5, 0.6) is 5.75 Å². The van der Waals surface area contributed by atoms with E-state index in [0.29, 0.717) is 12.2 Å². The van der Waals surface area contributed by atoms with Gasteiger partial charge in [0.25, 0.3) is 0 Å². The van der Waals surface area contributed by atoms with E-state index in [4.69, 9.17) is 4.74 Å². The summed E-state index contributed by atoms with van der Waals surface area (Å²) in [5, 5.41) is 10.0. The lowest BCUT2D eigenvalue weighted by Crippen LogP contribution is -2.40. The van der Waals surface area contributed by atoms with E-state index in [1.54, 1.807) is 11.0 Å². The summed E-state index contributed by atoms with van der Waals surface area (Å²) in [6.45, 7) is 8.10. The van der Waals surface area contributed by atoms with Crippen molar-refractivity contribution in [2.75, 3.05) is 11.4 Å². The standard InChI is InChI=1S/C15H21NO3/c1-10-7-8-12(17)13-11(10)6-5-9-16(13)14(18)19-15(2,3)4/h7-8,17H,5-6,9H2,1-4H3. The van der Waals surface area contributed by atoms with Gasteiger partial charge in [-0.1, -0.05) is 6.07 Å². The minimum Gasteiger partial charge on any atom is -0.506 e. The van der Waals surface area contributed by atoms with Crippen LogP contribution in [0.3, 0.4) is 0 Å². The van der Waals surface area contributed by atoms with Gasteiger partial charge in [-0.05, 0) is 57.7 Å². The van der Waals surface area contributed by atoms with E-state index in [1.807, 2.05) is 33.8 Å². The van der Waals surface area contributed by atoms with Gasteiger partial charge in [-0.15, -0.1) is 0 Å². The predicted octanol–water partition coefficient (Wildman–Crippen LogP) is 3.39. The number of fused-ring (bicyclic) bond motifs is 1. The van der Waals surface area contributed by atoms with Crippen molar-refractivity contribution in [2.24, 2.45) is 0 Å². The molecular weight excluding hydrogens is 242 g/mol. The molecule has 0 spiro atoms. The van der Waals surface area contributed by atoms with E-state index in [-0.39, 0.29) is 5.75 Å². The second-order valence-corrected chi connectivity index (χ2v) is 5.96. The molecule has 19 heavy (non-hydrogen) atoms. The normalized spacial score (nSPS) is 15.1. The molecule has 0 atom stereocenters. The molecule has 0 saturated carbocycles. The molecule has 104 valence electrons. The number of hydrogen-bond acceptors (Lipinski definition) is 3. The molecule has 2 rings (SSSR count). The third-order valence-corrected chi connectivity index (χ3v) is 3.19. The van der Waals surface area contributed by atoms with Crippen molar-refractivity contribution in [1.29, 1.82) is 0 Å². The largest absolute Gasteiger partial charge is 0.506 e. The van der Waals surface area contributed by atoms with E-state index >= 15 is 0 Å². The number of carbonyl (C=O) groups is 1. The average Bonchev–Trinajstić information content (AvgIpc) is 2.31. The van der Waals surface area contributed by atoms with E-state index in [2.05, 4.69) is 0 Å². The Hall–Kier alpha value is -1.71. The van der Waals surface area contributed by atoms with Gasteiger partial charge in [-0.3, -0.25) is 4.90 Å². The molecule has 4 heteroatoms. The Balaban J connectivity index is 2.37. The van der Waals surface area contributed by atoms with Crippen molar-refractivity contribution in [2.45, 2.75) is 46.1 Å². The average molecular weight is 263 g/mol. The van der Waals surface area contributed by atoms with Gasteiger partial charge in [0.05, 0.1) is 5.69 Å². The van der Waals surface area contributed by atoms with Gasteiger partial charge in [-0.25, -0.2) is 4.79 Å². The third kappa shape index (κ3) is 2.83. The highest BCUT2D eigenvalue weighted by Crippen LogP contribution is 2.38. The Morgan fingerprint density at radius 1 is 1.37 bits per heavy atom. The van der Waals surface area contributed by atoms with Crippen molar-refractivity contribution in [3.63, 3.8) is 0 Å². The number of anilines is 1. The molecule has 1 aliphatic rings. The van der Waals surface area contributed by atoms with Crippen LogP contribution in [0.15, 0.2) is 12.1 Å². The number of carbonyl (C=O) groups excluding carboxylic acids is 1. The maximum Gasteiger partial charge on any atom is 0.414 e. The van der Waals surface area contributed by atoms with Crippen LogP contribution in [0.25, 0.3) is 0 Å². The van der Waals surface area contributed by atoms with Crippen LogP contribution in [0.4, 0.5) is 10.5 Å². The molecule has 0 unspecified atom stereocenters. The number of phenols is 1. The van der Waals surface area contributed by atoms with Gasteiger partial charge in [0, 0.05) is 6.54 Å². The van der Waals surface area contributed by atoms with Gasteiger partial charge in [0.1, 0.15) is 11.4 Å². The highest BCUT2D eigenvalue weighted by atomic mass is 16.6. The van der Waals surface area contributed by atoms with Crippen LogP contribution in [0.1, 0.15) is 38.3 Å². The summed E-state index contributed by atoms with van der Waals surface area (Å²) in [7, 11) is 0. The SMILES string of the molecule is Cc1ccc(O)c2c1CCCN2C(=O)OC(C)(C)C. The van der Waals surface area contributed by atoms with E-state index in [0.717, 1.165) is 24.0 Å². The van der Waals surface area contributed by atoms with Crippen molar-refractivity contribution >= 4 is 11.8 Å². The molecule has 1 N–H and O–H groups in total. The Morgan fingerprint density at radius 3 is 2.68 bits per heavy atom. The first-order chi connectivity index (χ1) is 8.79. The molecule has 0 aromatic heterocycles. The molecular formula is C15H21NO3. The van der Waals surface area contributed by atoms with Crippen LogP contribution >= 0.6 is 0 Å². The quantitative estimate of drug-likeness (QED) is 0.780. The second-order valence-electron chi connectivity index (χ2n) is 5.96. The van der Waals surface area contributed by atoms with Crippen molar-refractivity contribution in [3.8, 4) is 5.75 Å². The Morgan fingerprint density at radius 2 is 2.05 bits per heavy atom. The number of benzene rings is 1. The molecule has 0 bridgehead atoms. The molecule has 1 aromatic rings. The topological polar surface area (TPSA) is 49.8 Å². The Bertz CT molecular complexity index is 503. The van der Waals surface area contributed by atoms with Crippen LogP contribution in [-0.2, 0) is 11.2 Å². The van der Waals surface area contributed by atoms with Gasteiger partial charge in [0.15, 0.2) is 0 Å². The zero-order valence-electron chi connectivity index (χ0n) is 12.0. The molecule has 0 aliphatic carbocycles. The minimum atomic E-state index is -0.534. The molecule has 1 aromatic carbocycles. The monoisotopic (exact) mass is 263 g/mol. The minimum absolute atomic E-state index is 0.145. The van der Waals surface area contributed by atoms with E-state index in [1.165, 1.54) is 0 Å². The Labute approximate surface area is 114 Å². The first-order valence-electron chi connectivity index (χ1n) is 6.61. The number of ether oxygens (including phenoxy) is 1. The van der Waals surface area contributed by atoms with Crippen molar-refractivity contribution in [1.82, 2.24) is 0 Å². The van der Waals surface area contributed by atoms with Gasteiger partial charge >= 0.3 is 6.09 Å². The van der Waals surface area contributed by atoms with Crippen LogP contribution in [-0.4, -0.2) is 23.3 Å². The van der Waals surface area contributed by atoms with Gasteiger partial charge in [-0.2, -0.15) is 0 Å². The molecule has 0 radical (unpaired) electrons. The zero-order chi connectivity index (χ0) is 14.2. The van der Waals surface area contributed by atoms with Crippen molar-refractivity contribution in [3.05, 3.63) is 23.3 Å². The number of aryl methyl sites for hydroxylation is 1. The highest BCUT2D eigenvalue weighted by Gasteiger charge is 2.30. The van der Waals surface area contributed by atoms with Gasteiger partial charge < -0.3 is 9.84 Å². The summed E-state index contributed by atoms with van der Waals surface area (Å²) < 4.78 is 5.40. The van der Waals surface area contributed by atoms with E-state index < -0.39 is 11.7 Å². The van der Waals surface area contributed by atoms with Crippen LogP contribution in [0.2, 0.25) is 0 Å². The summed E-state index contributed by atoms with van der Waals surface area (Å²) >= 11 is 0. The zero-order valence-corrected chi connectivity index (χ0v) is 12.0. The fourth-order valence-electron chi connectivity index (χ4n) is 2.37. The number of aromatic hydroxyl groups is 1. The number of rotatable bonds is 0. The van der Waals surface area contributed by atoms with Crippen molar-refractivity contribution < 1.29 is 14.6 Å². The maximum atomic E-state index is 12.2. The fraction of sp³-hybridized carbons (Fsp3) is 0.533. The smallest absolute Gasteiger partial charge is 0.414 e. The summed E-state index contributed by atoms with van der Waals surface area (Å²) in [4.78, 5) is 13.8. The predicted molar refractivity (Wildman–Crippen MR) is 74.7 cm³/mol. The summed E-state index contributed by atoms with van der Waals surface area (Å²) in [6, 6.07) is 3.52. The first-order valence-corrected chi connectivity index (χ1v) is 6.61. The molecule has 1 aliphatic heterocycles. The molecule has 0 fully saturated rings. The summed E-state index contributed by atoms with van der Waals surface area (Å²) in [5.41, 5.74) is 2.22. The van der Waals surface area contributed by atoms with Gasteiger partial charge in [0.2, 0.25) is 0 Å². The van der Waals surface area contributed by atoms with E-state index in [9.17, 15) is 9.90 Å². The molecule has 0 saturated heterocycles. The highest BCUT2D eigenvalue weighted by molar-refractivity contribution is 5.92. The molecule has 4 nitrogen and oxygen atoms in total. The first kappa shape index (κ1) is 13.7. The second kappa shape index (κ2) is 4.76. The fourth-order valence-corrected chi connectivity index (χ4v) is 2.37.